The third kappa shape index (κ3) is 3.37. The van der Waals surface area contributed by atoms with Gasteiger partial charge in [-0.1, -0.05) is 22.0 Å². The largest absolute Gasteiger partial charge is 0.507 e. The maximum absolute atomic E-state index is 12.6. The number of phenols is 1. The number of carbonyl (C=O) groups excluding carboxylic acids is 1. The van der Waals surface area contributed by atoms with E-state index < -0.39 is 0 Å². The fourth-order valence-electron chi connectivity index (χ4n) is 2.61. The van der Waals surface area contributed by atoms with Crippen molar-refractivity contribution in [2.45, 2.75) is 0 Å². The zero-order chi connectivity index (χ0) is 15.0. The number of nitrogens with zero attached hydrogens (tertiary/aromatic N) is 2. The van der Waals surface area contributed by atoms with Gasteiger partial charge in [0.25, 0.3) is 5.91 Å². The monoisotopic (exact) mass is 384 g/mol. The molecule has 0 aromatic heterocycles. The van der Waals surface area contributed by atoms with E-state index in [0.717, 1.165) is 28.3 Å². The fourth-order valence-corrected chi connectivity index (χ4v) is 2.99. The van der Waals surface area contributed by atoms with Crippen molar-refractivity contribution in [1.29, 1.82) is 0 Å². The van der Waals surface area contributed by atoms with Gasteiger partial charge in [0.15, 0.2) is 0 Å². The highest BCUT2D eigenvalue weighted by molar-refractivity contribution is 9.10. The minimum atomic E-state index is -0.0949. The van der Waals surface area contributed by atoms with Gasteiger partial charge < -0.3 is 14.9 Å². The summed E-state index contributed by atoms with van der Waals surface area (Å²) in [6.45, 7) is 3.13. The number of amides is 1. The number of rotatable bonds is 1. The first kappa shape index (κ1) is 17.1. The zero-order valence-electron chi connectivity index (χ0n) is 12.3. The summed E-state index contributed by atoms with van der Waals surface area (Å²) in [6.07, 6.45) is 0. The van der Waals surface area contributed by atoms with E-state index in [2.05, 4.69) is 20.8 Å². The molecule has 1 fully saturated rings. The summed E-state index contributed by atoms with van der Waals surface area (Å²) in [5, 5.41) is 12.0. The lowest BCUT2D eigenvalue weighted by atomic mass is 10.0. The lowest BCUT2D eigenvalue weighted by Crippen LogP contribution is -2.47. The van der Waals surface area contributed by atoms with Gasteiger partial charge in [0.1, 0.15) is 5.75 Å². The molecule has 0 bridgehead atoms. The normalized spacial score (nSPS) is 15.6. The minimum Gasteiger partial charge on any atom is -0.507 e. The highest BCUT2D eigenvalue weighted by atomic mass is 79.9. The van der Waals surface area contributed by atoms with E-state index in [1.807, 2.05) is 25.2 Å². The van der Waals surface area contributed by atoms with E-state index in [1.54, 1.807) is 17.0 Å². The molecule has 0 saturated carbocycles. The second-order valence-corrected chi connectivity index (χ2v) is 6.37. The predicted molar refractivity (Wildman–Crippen MR) is 94.0 cm³/mol. The number of hydrogen-bond donors (Lipinski definition) is 1. The standard InChI is InChI=1S/C16H17BrN2O2.ClH/c1-18-4-6-19(7-5-18)16(21)14-9-12-8-13(17)3-2-11(12)10-15(14)20;/h2-3,8-10,20H,4-7H2,1H3;1H. The number of carbonyl (C=O) groups is 1. The Morgan fingerprint density at radius 3 is 2.45 bits per heavy atom. The van der Waals surface area contributed by atoms with Crippen LogP contribution in [-0.4, -0.2) is 54.0 Å². The van der Waals surface area contributed by atoms with Crippen LogP contribution in [0.4, 0.5) is 0 Å². The molecule has 118 valence electrons. The van der Waals surface area contributed by atoms with Crippen LogP contribution in [0.3, 0.4) is 0 Å². The molecule has 0 unspecified atom stereocenters. The number of benzene rings is 2. The van der Waals surface area contributed by atoms with Crippen molar-refractivity contribution in [3.63, 3.8) is 0 Å². The molecule has 1 aliphatic heterocycles. The van der Waals surface area contributed by atoms with Crippen LogP contribution < -0.4 is 0 Å². The lowest BCUT2D eigenvalue weighted by Gasteiger charge is -2.32. The fraction of sp³-hybridized carbons (Fsp3) is 0.312. The smallest absolute Gasteiger partial charge is 0.257 e. The molecule has 1 heterocycles. The maximum atomic E-state index is 12.6. The second kappa shape index (κ2) is 6.86. The molecule has 0 radical (unpaired) electrons. The first-order chi connectivity index (χ1) is 10.0. The molecule has 2 aromatic rings. The Labute approximate surface area is 144 Å². The Morgan fingerprint density at radius 2 is 1.77 bits per heavy atom. The molecular formula is C16H18BrClN2O2. The van der Waals surface area contributed by atoms with E-state index >= 15 is 0 Å². The average molecular weight is 386 g/mol. The van der Waals surface area contributed by atoms with Gasteiger partial charge in [0.05, 0.1) is 5.56 Å². The third-order valence-corrected chi connectivity index (χ3v) is 4.43. The number of halogens is 2. The van der Waals surface area contributed by atoms with E-state index in [9.17, 15) is 9.90 Å². The summed E-state index contributed by atoms with van der Waals surface area (Å²) in [4.78, 5) is 16.6. The zero-order valence-corrected chi connectivity index (χ0v) is 14.7. The quantitative estimate of drug-likeness (QED) is 0.820. The van der Waals surface area contributed by atoms with Crippen molar-refractivity contribution in [3.8, 4) is 5.75 Å². The predicted octanol–water partition coefficient (Wildman–Crippen LogP) is 3.12. The molecule has 1 saturated heterocycles. The van der Waals surface area contributed by atoms with Crippen LogP contribution in [0.25, 0.3) is 10.8 Å². The molecule has 0 spiro atoms. The molecule has 4 nitrogen and oxygen atoms in total. The Kier molecular flexibility index (Phi) is 5.32. The van der Waals surface area contributed by atoms with Crippen LogP contribution in [0, 0.1) is 0 Å². The van der Waals surface area contributed by atoms with Gasteiger partial charge in [0, 0.05) is 30.7 Å². The summed E-state index contributed by atoms with van der Waals surface area (Å²) < 4.78 is 0.957. The van der Waals surface area contributed by atoms with Crippen LogP contribution >= 0.6 is 28.3 Å². The molecule has 2 aromatic carbocycles. The summed E-state index contributed by atoms with van der Waals surface area (Å²) in [6, 6.07) is 9.23. The highest BCUT2D eigenvalue weighted by Crippen LogP contribution is 2.28. The number of fused-ring (bicyclic) bond motifs is 1. The Morgan fingerprint density at radius 1 is 1.09 bits per heavy atom. The number of likely N-dealkylation sites (N-methyl/N-ethyl adjacent to an activating group) is 1. The second-order valence-electron chi connectivity index (χ2n) is 5.46. The first-order valence-corrected chi connectivity index (χ1v) is 7.74. The number of aromatic hydroxyl groups is 1. The summed E-state index contributed by atoms with van der Waals surface area (Å²) in [5.74, 6) is -0.0452. The van der Waals surface area contributed by atoms with Crippen molar-refractivity contribution < 1.29 is 9.90 Å². The van der Waals surface area contributed by atoms with Gasteiger partial charge in [-0.25, -0.2) is 0 Å². The van der Waals surface area contributed by atoms with Crippen LogP contribution in [0.2, 0.25) is 0 Å². The molecule has 0 aliphatic carbocycles. The average Bonchev–Trinajstić information content (AvgIpc) is 2.47. The number of hydrogen-bond acceptors (Lipinski definition) is 3. The SMILES string of the molecule is CN1CCN(C(=O)c2cc3cc(Br)ccc3cc2O)CC1.Cl. The van der Waals surface area contributed by atoms with Crippen LogP contribution in [0.1, 0.15) is 10.4 Å². The van der Waals surface area contributed by atoms with E-state index in [1.165, 1.54) is 0 Å². The molecule has 22 heavy (non-hydrogen) atoms. The molecular weight excluding hydrogens is 368 g/mol. The van der Waals surface area contributed by atoms with Gasteiger partial charge in [-0.2, -0.15) is 0 Å². The Hall–Kier alpha value is -1.30. The molecule has 1 amide bonds. The highest BCUT2D eigenvalue weighted by Gasteiger charge is 2.22. The van der Waals surface area contributed by atoms with Gasteiger partial charge >= 0.3 is 0 Å². The van der Waals surface area contributed by atoms with Crippen LogP contribution in [0.15, 0.2) is 34.8 Å². The van der Waals surface area contributed by atoms with Crippen LogP contribution in [0.5, 0.6) is 5.75 Å². The summed E-state index contributed by atoms with van der Waals surface area (Å²) >= 11 is 3.43. The van der Waals surface area contributed by atoms with Gasteiger partial charge in [-0.15, -0.1) is 12.4 Å². The molecule has 3 rings (SSSR count). The van der Waals surface area contributed by atoms with Crippen LogP contribution in [-0.2, 0) is 0 Å². The minimum absolute atomic E-state index is 0. The van der Waals surface area contributed by atoms with Crippen molar-refractivity contribution in [2.24, 2.45) is 0 Å². The van der Waals surface area contributed by atoms with E-state index in [4.69, 9.17) is 0 Å². The van der Waals surface area contributed by atoms with Crippen molar-refractivity contribution >= 4 is 45.0 Å². The lowest BCUT2D eigenvalue weighted by molar-refractivity contribution is 0.0661. The Balaban J connectivity index is 0.00000176. The molecule has 1 N–H and O–H groups in total. The maximum Gasteiger partial charge on any atom is 0.257 e. The third-order valence-electron chi connectivity index (χ3n) is 3.94. The topological polar surface area (TPSA) is 43.8 Å². The Bertz CT molecular complexity index is 700. The first-order valence-electron chi connectivity index (χ1n) is 6.95. The van der Waals surface area contributed by atoms with E-state index in [0.29, 0.717) is 18.7 Å². The van der Waals surface area contributed by atoms with Crippen molar-refractivity contribution in [3.05, 3.63) is 40.4 Å². The molecule has 6 heteroatoms. The van der Waals surface area contributed by atoms with Gasteiger partial charge in [-0.3, -0.25) is 4.79 Å². The summed E-state index contributed by atoms with van der Waals surface area (Å²) in [7, 11) is 2.05. The van der Waals surface area contributed by atoms with Crippen molar-refractivity contribution in [2.75, 3.05) is 33.2 Å². The van der Waals surface area contributed by atoms with Crippen molar-refractivity contribution in [1.82, 2.24) is 9.80 Å². The molecule has 1 aliphatic rings. The number of piperazine rings is 1. The van der Waals surface area contributed by atoms with E-state index in [-0.39, 0.29) is 24.1 Å². The summed E-state index contributed by atoms with van der Waals surface area (Å²) in [5.41, 5.74) is 0.380. The molecule has 0 atom stereocenters. The van der Waals surface area contributed by atoms with Gasteiger partial charge in [-0.05, 0) is 42.1 Å². The number of phenolic OH excluding ortho intramolecular Hbond substituents is 1. The van der Waals surface area contributed by atoms with Gasteiger partial charge in [0.2, 0.25) is 0 Å².